The smallest absolute Gasteiger partial charge is 0.408 e. The summed E-state index contributed by atoms with van der Waals surface area (Å²) in [6, 6.07) is 20.0. The van der Waals surface area contributed by atoms with Crippen LogP contribution in [0.3, 0.4) is 0 Å². The van der Waals surface area contributed by atoms with Crippen LogP contribution in [0.25, 0.3) is 0 Å². The largest absolute Gasteiger partial charge is 0.444 e. The Bertz CT molecular complexity index is 1070. The summed E-state index contributed by atoms with van der Waals surface area (Å²) in [6.45, 7) is 18.5. The van der Waals surface area contributed by atoms with E-state index in [1.54, 1.807) is 20.8 Å². The van der Waals surface area contributed by atoms with Gasteiger partial charge in [-0.05, 0) is 46.2 Å². The number of amides is 2. The molecule has 6 nitrogen and oxygen atoms in total. The van der Waals surface area contributed by atoms with Gasteiger partial charge in [-0.15, -0.1) is 0 Å². The average Bonchev–Trinajstić information content (AvgIpc) is 2.86. The highest BCUT2D eigenvalue weighted by molar-refractivity contribution is 14.1. The monoisotopic (exact) mass is 678 g/mol. The number of carbonyl (C=O) groups excluding carboxylic acids is 2. The molecular formula is C32H47IN2O4Si. The van der Waals surface area contributed by atoms with Crippen molar-refractivity contribution in [1.82, 2.24) is 10.6 Å². The highest BCUT2D eigenvalue weighted by Gasteiger charge is 2.50. The molecule has 0 aliphatic heterocycles. The molecule has 2 amide bonds. The van der Waals surface area contributed by atoms with Crippen LogP contribution in [-0.4, -0.2) is 44.6 Å². The standard InChI is InChI=1S/C32H47IN2O4Si/c1-23(2)28(35-30(37)39-31(4,5)6)29(36)34-27(20-21-33)24(3)22-38-40(32(7,8)9,25-16-12-10-13-17-25)26-18-14-11-15-19-26/h10-21,23-24,27-28H,22H2,1-9H3,(H,34,36)(H,35,37)/b21-20+/t24-,27+,28+/m1/s1. The first kappa shape index (κ1) is 34.0. The van der Waals surface area contributed by atoms with Crippen molar-refractivity contribution in [2.45, 2.75) is 85.0 Å². The quantitative estimate of drug-likeness (QED) is 0.220. The van der Waals surface area contributed by atoms with Crippen LogP contribution in [0, 0.1) is 11.8 Å². The van der Waals surface area contributed by atoms with Gasteiger partial charge in [-0.1, -0.05) is 131 Å². The summed E-state index contributed by atoms with van der Waals surface area (Å²) in [5, 5.41) is 8.20. The molecule has 0 unspecified atom stereocenters. The Balaban J connectivity index is 2.33. The van der Waals surface area contributed by atoms with E-state index in [4.69, 9.17) is 9.16 Å². The van der Waals surface area contributed by atoms with Crippen LogP contribution >= 0.6 is 22.6 Å². The lowest BCUT2D eigenvalue weighted by Gasteiger charge is -2.44. The number of benzene rings is 2. The maximum absolute atomic E-state index is 13.4. The molecule has 0 aliphatic rings. The van der Waals surface area contributed by atoms with Gasteiger partial charge in [-0.25, -0.2) is 4.79 Å². The molecule has 2 rings (SSSR count). The van der Waals surface area contributed by atoms with Crippen LogP contribution < -0.4 is 21.0 Å². The minimum atomic E-state index is -2.72. The fourth-order valence-corrected chi connectivity index (χ4v) is 9.92. The van der Waals surface area contributed by atoms with Gasteiger partial charge in [0.1, 0.15) is 11.6 Å². The molecule has 8 heteroatoms. The van der Waals surface area contributed by atoms with Gasteiger partial charge in [0.2, 0.25) is 5.91 Å². The van der Waals surface area contributed by atoms with E-state index in [1.165, 1.54) is 10.4 Å². The first-order valence-corrected chi connectivity index (χ1v) is 17.1. The second-order valence-electron chi connectivity index (χ2n) is 12.7. The molecule has 0 aromatic heterocycles. The molecule has 2 aromatic carbocycles. The fourth-order valence-electron chi connectivity index (χ4n) is 4.80. The van der Waals surface area contributed by atoms with E-state index < -0.39 is 26.1 Å². The third-order valence-corrected chi connectivity index (χ3v) is 12.2. The normalized spacial score (nSPS) is 15.0. The predicted molar refractivity (Wildman–Crippen MR) is 176 cm³/mol. The number of carbonyl (C=O) groups is 2. The fraction of sp³-hybridized carbons (Fsp3) is 0.500. The van der Waals surface area contributed by atoms with Crippen molar-refractivity contribution in [2.24, 2.45) is 11.8 Å². The number of hydrogen-bond acceptors (Lipinski definition) is 4. The zero-order valence-electron chi connectivity index (χ0n) is 25.5. The van der Waals surface area contributed by atoms with E-state index in [2.05, 4.69) is 109 Å². The number of ether oxygens (including phenoxy) is 1. The summed E-state index contributed by atoms with van der Waals surface area (Å²) in [4.78, 5) is 25.9. The van der Waals surface area contributed by atoms with Crippen LogP contribution in [0.1, 0.15) is 62.3 Å². The van der Waals surface area contributed by atoms with Crippen molar-refractivity contribution in [3.05, 3.63) is 70.8 Å². The maximum Gasteiger partial charge on any atom is 0.408 e. The lowest BCUT2D eigenvalue weighted by molar-refractivity contribution is -0.125. The SMILES string of the molecule is CC(C)[C@H](NC(=O)OC(C)(C)C)C(=O)N[C@@H](/C=C/I)[C@H](C)CO[Si](c1ccccc1)(c1ccccc1)C(C)(C)C. The second kappa shape index (κ2) is 14.6. The van der Waals surface area contributed by atoms with Crippen molar-refractivity contribution >= 4 is 53.3 Å². The molecule has 0 spiro atoms. The van der Waals surface area contributed by atoms with Gasteiger partial charge in [0.25, 0.3) is 8.32 Å². The summed E-state index contributed by atoms with van der Waals surface area (Å²) < 4.78 is 14.4. The summed E-state index contributed by atoms with van der Waals surface area (Å²) in [5.41, 5.74) is -0.651. The molecule has 0 saturated heterocycles. The van der Waals surface area contributed by atoms with Crippen LogP contribution in [0.2, 0.25) is 5.04 Å². The van der Waals surface area contributed by atoms with Gasteiger partial charge >= 0.3 is 6.09 Å². The van der Waals surface area contributed by atoms with Gasteiger partial charge in [-0.2, -0.15) is 0 Å². The molecule has 0 bridgehead atoms. The minimum Gasteiger partial charge on any atom is -0.444 e. The Morgan fingerprint density at radius 1 is 0.875 bits per heavy atom. The number of hydrogen-bond donors (Lipinski definition) is 2. The van der Waals surface area contributed by atoms with Crippen molar-refractivity contribution in [2.75, 3.05) is 6.61 Å². The Kier molecular flexibility index (Phi) is 12.5. The lowest BCUT2D eigenvalue weighted by Crippen LogP contribution is -2.67. The third-order valence-electron chi connectivity index (χ3n) is 6.80. The van der Waals surface area contributed by atoms with Crippen LogP contribution in [0.5, 0.6) is 0 Å². The lowest BCUT2D eigenvalue weighted by atomic mass is 10.00. The molecule has 2 N–H and O–H groups in total. The Hall–Kier alpha value is -2.17. The molecule has 0 radical (unpaired) electrons. The van der Waals surface area contributed by atoms with Gasteiger partial charge < -0.3 is 19.8 Å². The number of alkyl carbamates (subject to hydrolysis) is 1. The van der Waals surface area contributed by atoms with E-state index in [1.807, 2.05) is 36.1 Å². The van der Waals surface area contributed by atoms with Crippen molar-refractivity contribution in [3.8, 4) is 0 Å². The Labute approximate surface area is 256 Å². The average molecular weight is 679 g/mol. The number of nitrogens with one attached hydrogen (secondary N) is 2. The summed E-state index contributed by atoms with van der Waals surface area (Å²) in [6.07, 6.45) is 1.37. The third kappa shape index (κ3) is 9.17. The molecule has 3 atom stereocenters. The molecule has 40 heavy (non-hydrogen) atoms. The summed E-state index contributed by atoms with van der Waals surface area (Å²) in [5.74, 6) is -0.413. The van der Waals surface area contributed by atoms with E-state index in [0.717, 1.165) is 0 Å². The van der Waals surface area contributed by atoms with Crippen LogP contribution in [0.4, 0.5) is 4.79 Å². The molecule has 2 aromatic rings. The predicted octanol–water partition coefficient (Wildman–Crippen LogP) is 6.18. The Morgan fingerprint density at radius 3 is 1.77 bits per heavy atom. The first-order chi connectivity index (χ1) is 18.6. The van der Waals surface area contributed by atoms with E-state index >= 15 is 0 Å². The van der Waals surface area contributed by atoms with Crippen molar-refractivity contribution in [3.63, 3.8) is 0 Å². The van der Waals surface area contributed by atoms with Crippen molar-refractivity contribution in [1.29, 1.82) is 0 Å². The zero-order valence-corrected chi connectivity index (χ0v) is 28.6. The molecule has 0 fully saturated rings. The topological polar surface area (TPSA) is 76.7 Å². The Morgan fingerprint density at radius 2 is 1.38 bits per heavy atom. The number of halogens is 1. The van der Waals surface area contributed by atoms with E-state index in [0.29, 0.717) is 6.61 Å². The van der Waals surface area contributed by atoms with Crippen LogP contribution in [-0.2, 0) is 14.0 Å². The molecular weight excluding hydrogens is 631 g/mol. The maximum atomic E-state index is 13.4. The highest BCUT2D eigenvalue weighted by Crippen LogP contribution is 2.37. The molecule has 220 valence electrons. The van der Waals surface area contributed by atoms with Gasteiger partial charge in [-0.3, -0.25) is 4.79 Å². The summed E-state index contributed by atoms with van der Waals surface area (Å²) in [7, 11) is -2.72. The summed E-state index contributed by atoms with van der Waals surface area (Å²) >= 11 is 2.17. The van der Waals surface area contributed by atoms with Crippen LogP contribution in [0.15, 0.2) is 70.8 Å². The zero-order chi connectivity index (χ0) is 30.1. The van der Waals surface area contributed by atoms with Crippen molar-refractivity contribution < 1.29 is 18.8 Å². The second-order valence-corrected chi connectivity index (χ2v) is 17.7. The van der Waals surface area contributed by atoms with Gasteiger partial charge in [0, 0.05) is 12.5 Å². The van der Waals surface area contributed by atoms with E-state index in [-0.39, 0.29) is 28.8 Å². The first-order valence-electron chi connectivity index (χ1n) is 13.9. The molecule has 0 saturated carbocycles. The molecule has 0 aliphatic carbocycles. The van der Waals surface area contributed by atoms with Gasteiger partial charge in [0.05, 0.1) is 6.04 Å². The molecule has 0 heterocycles. The van der Waals surface area contributed by atoms with E-state index in [9.17, 15) is 9.59 Å². The highest BCUT2D eigenvalue weighted by atomic mass is 127. The van der Waals surface area contributed by atoms with Gasteiger partial charge in [0.15, 0.2) is 0 Å². The number of rotatable bonds is 11. The minimum absolute atomic E-state index is 0.0362.